The number of nitrogens with zero attached hydrogens (tertiary/aromatic N) is 1. The Morgan fingerprint density at radius 3 is 2.67 bits per heavy atom. The zero-order valence-electron chi connectivity index (χ0n) is 11.1. The summed E-state index contributed by atoms with van der Waals surface area (Å²) in [6.07, 6.45) is 1.83. The Kier molecular flexibility index (Phi) is 6.35. The van der Waals surface area contributed by atoms with Gasteiger partial charge in [-0.2, -0.15) is 0 Å². The Hall–Kier alpha value is -0.360. The predicted molar refractivity (Wildman–Crippen MR) is 77.0 cm³/mol. The molecule has 0 spiro atoms. The fourth-order valence-corrected chi connectivity index (χ4v) is 4.03. The molecule has 1 amide bonds. The van der Waals surface area contributed by atoms with E-state index < -0.39 is 12.0 Å². The van der Waals surface area contributed by atoms with Crippen LogP contribution in [-0.2, 0) is 9.59 Å². The standard InChI is InChI=1S/C12H21NO3S2/c1-4-5-11-13(9(6-18-11)12(15)16)10(14)7-17-8(2)3/h8-9,11H,4-7H2,1-3H3,(H,15,16). The maximum absolute atomic E-state index is 12.2. The number of rotatable bonds is 6. The van der Waals surface area contributed by atoms with E-state index in [0.717, 1.165) is 12.8 Å². The van der Waals surface area contributed by atoms with Gasteiger partial charge in [0.15, 0.2) is 0 Å². The minimum absolute atomic E-state index is 0.0375. The monoisotopic (exact) mass is 291 g/mol. The normalized spacial score (nSPS) is 23.7. The maximum atomic E-state index is 12.2. The fraction of sp³-hybridized carbons (Fsp3) is 0.833. The van der Waals surface area contributed by atoms with Crippen LogP contribution in [0.4, 0.5) is 0 Å². The Labute approximate surface area is 117 Å². The third-order valence-corrected chi connectivity index (χ3v) is 5.18. The van der Waals surface area contributed by atoms with Crippen LogP contribution in [0.15, 0.2) is 0 Å². The summed E-state index contributed by atoms with van der Waals surface area (Å²) in [7, 11) is 0. The number of carboxylic acids is 1. The highest BCUT2D eigenvalue weighted by Gasteiger charge is 2.40. The van der Waals surface area contributed by atoms with Gasteiger partial charge in [0, 0.05) is 5.75 Å². The molecule has 2 atom stereocenters. The van der Waals surface area contributed by atoms with Crippen LogP contribution in [-0.4, -0.2) is 50.1 Å². The van der Waals surface area contributed by atoms with Crippen LogP contribution in [0.2, 0.25) is 0 Å². The van der Waals surface area contributed by atoms with E-state index in [4.69, 9.17) is 0 Å². The second-order valence-electron chi connectivity index (χ2n) is 4.59. The number of carbonyl (C=O) groups is 2. The lowest BCUT2D eigenvalue weighted by atomic mass is 10.2. The molecule has 0 aromatic rings. The molecule has 18 heavy (non-hydrogen) atoms. The van der Waals surface area contributed by atoms with Crippen LogP contribution in [0.5, 0.6) is 0 Å². The third kappa shape index (κ3) is 4.09. The summed E-state index contributed by atoms with van der Waals surface area (Å²) in [4.78, 5) is 25.0. The van der Waals surface area contributed by atoms with Gasteiger partial charge in [-0.3, -0.25) is 4.79 Å². The van der Waals surface area contributed by atoms with Gasteiger partial charge in [-0.1, -0.05) is 27.2 Å². The second-order valence-corrected chi connectivity index (χ2v) is 7.37. The molecule has 1 heterocycles. The van der Waals surface area contributed by atoms with Crippen LogP contribution in [0.25, 0.3) is 0 Å². The number of thioether (sulfide) groups is 2. The second kappa shape index (κ2) is 7.28. The highest BCUT2D eigenvalue weighted by Crippen LogP contribution is 2.33. The quantitative estimate of drug-likeness (QED) is 0.813. The van der Waals surface area contributed by atoms with Crippen molar-refractivity contribution in [1.29, 1.82) is 0 Å². The molecule has 0 aliphatic carbocycles. The van der Waals surface area contributed by atoms with Gasteiger partial charge in [0.1, 0.15) is 6.04 Å². The van der Waals surface area contributed by atoms with Crippen molar-refractivity contribution in [3.05, 3.63) is 0 Å². The Morgan fingerprint density at radius 2 is 2.17 bits per heavy atom. The molecular formula is C12H21NO3S2. The zero-order valence-corrected chi connectivity index (χ0v) is 12.7. The Morgan fingerprint density at radius 1 is 1.50 bits per heavy atom. The SMILES string of the molecule is CCCC1SCC(C(=O)O)N1C(=O)CSC(C)C. The molecule has 4 nitrogen and oxygen atoms in total. The molecule has 0 radical (unpaired) electrons. The predicted octanol–water partition coefficient (Wildman–Crippen LogP) is 2.28. The number of hydrogen-bond donors (Lipinski definition) is 1. The van der Waals surface area contributed by atoms with Gasteiger partial charge in [-0.05, 0) is 11.7 Å². The molecule has 0 saturated carbocycles. The zero-order chi connectivity index (χ0) is 13.7. The molecule has 1 aliphatic heterocycles. The van der Waals surface area contributed by atoms with E-state index in [1.807, 2.05) is 13.8 Å². The van der Waals surface area contributed by atoms with Crippen molar-refractivity contribution in [3.63, 3.8) is 0 Å². The third-order valence-electron chi connectivity index (χ3n) is 2.74. The average Bonchev–Trinajstić information content (AvgIpc) is 2.70. The fourth-order valence-electron chi connectivity index (χ4n) is 1.87. The highest BCUT2D eigenvalue weighted by molar-refractivity contribution is 8.00. The van der Waals surface area contributed by atoms with Crippen LogP contribution in [0.1, 0.15) is 33.6 Å². The molecule has 1 aliphatic rings. The van der Waals surface area contributed by atoms with E-state index in [2.05, 4.69) is 6.92 Å². The summed E-state index contributed by atoms with van der Waals surface area (Å²) in [5.74, 6) is -0.0334. The summed E-state index contributed by atoms with van der Waals surface area (Å²) in [5.41, 5.74) is 0. The summed E-state index contributed by atoms with van der Waals surface area (Å²) in [5, 5.41) is 9.61. The lowest BCUT2D eigenvalue weighted by Gasteiger charge is -2.27. The lowest BCUT2D eigenvalue weighted by molar-refractivity contribution is -0.148. The van der Waals surface area contributed by atoms with Crippen LogP contribution in [0, 0.1) is 0 Å². The smallest absolute Gasteiger partial charge is 0.327 e. The molecule has 1 N–H and O–H groups in total. The van der Waals surface area contributed by atoms with Crippen molar-refractivity contribution in [3.8, 4) is 0 Å². The molecule has 1 fully saturated rings. The van der Waals surface area contributed by atoms with E-state index in [-0.39, 0.29) is 11.3 Å². The molecule has 1 saturated heterocycles. The van der Waals surface area contributed by atoms with Crippen molar-refractivity contribution in [1.82, 2.24) is 4.90 Å². The van der Waals surface area contributed by atoms with Crippen molar-refractivity contribution in [2.75, 3.05) is 11.5 Å². The minimum atomic E-state index is -0.885. The van der Waals surface area contributed by atoms with Crippen molar-refractivity contribution < 1.29 is 14.7 Å². The number of carboxylic acid groups (broad SMARTS) is 1. The van der Waals surface area contributed by atoms with Crippen molar-refractivity contribution in [2.45, 2.75) is 50.3 Å². The van der Waals surface area contributed by atoms with E-state index in [1.54, 1.807) is 28.4 Å². The topological polar surface area (TPSA) is 57.6 Å². The van der Waals surface area contributed by atoms with E-state index >= 15 is 0 Å². The van der Waals surface area contributed by atoms with Gasteiger partial charge >= 0.3 is 5.97 Å². The molecule has 6 heteroatoms. The van der Waals surface area contributed by atoms with Crippen molar-refractivity contribution >= 4 is 35.4 Å². The largest absolute Gasteiger partial charge is 0.480 e. The molecule has 1 rings (SSSR count). The molecule has 0 bridgehead atoms. The first kappa shape index (κ1) is 15.7. The van der Waals surface area contributed by atoms with Gasteiger partial charge in [-0.25, -0.2) is 4.79 Å². The van der Waals surface area contributed by atoms with E-state index in [9.17, 15) is 14.7 Å². The van der Waals surface area contributed by atoms with Crippen LogP contribution < -0.4 is 0 Å². The van der Waals surface area contributed by atoms with Gasteiger partial charge in [0.2, 0.25) is 5.91 Å². The number of aliphatic carboxylic acids is 1. The molecule has 0 aromatic heterocycles. The first-order valence-electron chi connectivity index (χ1n) is 6.24. The minimum Gasteiger partial charge on any atom is -0.480 e. The summed E-state index contributed by atoms with van der Waals surface area (Å²) >= 11 is 3.16. The first-order chi connectivity index (χ1) is 8.47. The number of amides is 1. The highest BCUT2D eigenvalue weighted by atomic mass is 32.2. The summed E-state index contributed by atoms with van der Waals surface area (Å²) in [6, 6.07) is -0.646. The number of hydrogen-bond acceptors (Lipinski definition) is 4. The van der Waals surface area contributed by atoms with Gasteiger partial charge in [0.25, 0.3) is 0 Å². The Balaban J connectivity index is 2.69. The Bertz CT molecular complexity index is 310. The van der Waals surface area contributed by atoms with E-state index in [1.165, 1.54) is 0 Å². The molecule has 0 aromatic carbocycles. The van der Waals surface area contributed by atoms with Crippen LogP contribution in [0.3, 0.4) is 0 Å². The molecular weight excluding hydrogens is 270 g/mol. The van der Waals surface area contributed by atoms with Gasteiger partial charge in [0.05, 0.1) is 11.1 Å². The number of carbonyl (C=O) groups excluding carboxylic acids is 1. The summed E-state index contributed by atoms with van der Waals surface area (Å²) < 4.78 is 0. The van der Waals surface area contributed by atoms with Crippen LogP contribution >= 0.6 is 23.5 Å². The first-order valence-corrected chi connectivity index (χ1v) is 8.34. The van der Waals surface area contributed by atoms with Gasteiger partial charge < -0.3 is 10.0 Å². The van der Waals surface area contributed by atoms with Gasteiger partial charge in [-0.15, -0.1) is 23.5 Å². The van der Waals surface area contributed by atoms with E-state index in [0.29, 0.717) is 16.8 Å². The lowest BCUT2D eigenvalue weighted by Crippen LogP contribution is -2.46. The maximum Gasteiger partial charge on any atom is 0.327 e. The summed E-state index contributed by atoms with van der Waals surface area (Å²) in [6.45, 7) is 6.13. The molecule has 104 valence electrons. The molecule has 2 unspecified atom stereocenters. The average molecular weight is 291 g/mol. The van der Waals surface area contributed by atoms with Crippen molar-refractivity contribution in [2.24, 2.45) is 0 Å².